The lowest BCUT2D eigenvalue weighted by Gasteiger charge is -2.15. The van der Waals surface area contributed by atoms with Crippen LogP contribution in [-0.2, 0) is 0 Å². The fraction of sp³-hybridized carbons (Fsp3) is 0.385. The molecule has 2 N–H and O–H groups in total. The molecule has 0 bridgehead atoms. The summed E-state index contributed by atoms with van der Waals surface area (Å²) >= 11 is 6.05. The van der Waals surface area contributed by atoms with Crippen LogP contribution in [0.25, 0.3) is 11.0 Å². The first-order valence-electron chi connectivity index (χ1n) is 5.57. The predicted octanol–water partition coefficient (Wildman–Crippen LogP) is 4.13. The summed E-state index contributed by atoms with van der Waals surface area (Å²) in [5.74, 6) is 1.22. The molecule has 0 saturated carbocycles. The van der Waals surface area contributed by atoms with Gasteiger partial charge in [0.2, 0.25) is 0 Å². The average molecular weight is 238 g/mol. The average Bonchev–Trinajstić information content (AvgIpc) is 2.72. The minimum Gasteiger partial charge on any atom is -0.458 e. The molecule has 0 aliphatic rings. The number of fused-ring (bicyclic) bond motifs is 1. The third kappa shape index (κ3) is 1.95. The zero-order chi connectivity index (χ0) is 11.7. The largest absolute Gasteiger partial charge is 0.458 e. The lowest BCUT2D eigenvalue weighted by atomic mass is 9.98. The summed E-state index contributed by atoms with van der Waals surface area (Å²) < 4.78 is 5.73. The van der Waals surface area contributed by atoms with Crippen LogP contribution in [0.1, 0.15) is 32.1 Å². The van der Waals surface area contributed by atoms with Gasteiger partial charge in [-0.1, -0.05) is 44.0 Å². The summed E-state index contributed by atoms with van der Waals surface area (Å²) in [7, 11) is 0. The van der Waals surface area contributed by atoms with Crippen molar-refractivity contribution in [2.45, 2.75) is 26.3 Å². The van der Waals surface area contributed by atoms with Crippen LogP contribution in [0, 0.1) is 5.92 Å². The van der Waals surface area contributed by atoms with E-state index in [2.05, 4.69) is 13.8 Å². The Bertz CT molecular complexity index is 492. The molecule has 2 atom stereocenters. The van der Waals surface area contributed by atoms with Gasteiger partial charge in [0.25, 0.3) is 0 Å². The van der Waals surface area contributed by atoms with Crippen LogP contribution < -0.4 is 5.73 Å². The molecule has 2 nitrogen and oxygen atoms in total. The summed E-state index contributed by atoms with van der Waals surface area (Å²) in [5, 5.41) is 1.65. The van der Waals surface area contributed by atoms with Crippen molar-refractivity contribution in [3.05, 3.63) is 35.0 Å². The molecule has 0 saturated heterocycles. The van der Waals surface area contributed by atoms with Crippen LogP contribution in [0.4, 0.5) is 0 Å². The van der Waals surface area contributed by atoms with Gasteiger partial charge in [0.15, 0.2) is 5.58 Å². The first kappa shape index (κ1) is 11.5. The monoisotopic (exact) mass is 237 g/mol. The molecule has 0 amide bonds. The second-order valence-corrected chi connectivity index (χ2v) is 4.63. The van der Waals surface area contributed by atoms with Gasteiger partial charge >= 0.3 is 0 Å². The maximum atomic E-state index is 6.13. The molecule has 1 aromatic heterocycles. The van der Waals surface area contributed by atoms with Crippen molar-refractivity contribution in [1.82, 2.24) is 0 Å². The van der Waals surface area contributed by atoms with Crippen LogP contribution in [0.2, 0.25) is 5.02 Å². The molecular formula is C13H16ClNO. The quantitative estimate of drug-likeness (QED) is 0.872. The third-order valence-corrected chi connectivity index (χ3v) is 3.40. The van der Waals surface area contributed by atoms with Gasteiger partial charge < -0.3 is 10.2 Å². The summed E-state index contributed by atoms with van der Waals surface area (Å²) in [5.41, 5.74) is 6.86. The Kier molecular flexibility index (Phi) is 3.22. The van der Waals surface area contributed by atoms with E-state index in [4.69, 9.17) is 21.8 Å². The Morgan fingerprint density at radius 1 is 1.44 bits per heavy atom. The van der Waals surface area contributed by atoms with E-state index in [9.17, 15) is 0 Å². The van der Waals surface area contributed by atoms with Gasteiger partial charge in [-0.05, 0) is 18.1 Å². The van der Waals surface area contributed by atoms with Crippen LogP contribution in [0.5, 0.6) is 0 Å². The summed E-state index contributed by atoms with van der Waals surface area (Å²) in [6.07, 6.45) is 1.03. The molecule has 16 heavy (non-hydrogen) atoms. The maximum absolute atomic E-state index is 6.13. The van der Waals surface area contributed by atoms with Gasteiger partial charge in [0.05, 0.1) is 11.1 Å². The zero-order valence-corrected chi connectivity index (χ0v) is 10.3. The molecule has 1 heterocycles. The van der Waals surface area contributed by atoms with Gasteiger partial charge in [-0.2, -0.15) is 0 Å². The number of hydrogen-bond acceptors (Lipinski definition) is 2. The van der Waals surface area contributed by atoms with E-state index in [1.165, 1.54) is 0 Å². The highest BCUT2D eigenvalue weighted by Gasteiger charge is 2.18. The highest BCUT2D eigenvalue weighted by atomic mass is 35.5. The van der Waals surface area contributed by atoms with Crippen molar-refractivity contribution in [3.63, 3.8) is 0 Å². The molecule has 0 aliphatic carbocycles. The standard InChI is InChI=1S/C13H16ClNO/c1-3-8(2)12(15)11-7-9-5-4-6-10(14)13(9)16-11/h4-8,12H,3,15H2,1-2H3/t8?,12-/m1/s1. The number of rotatable bonds is 3. The highest BCUT2D eigenvalue weighted by molar-refractivity contribution is 6.34. The van der Waals surface area contributed by atoms with Crippen molar-refractivity contribution in [3.8, 4) is 0 Å². The van der Waals surface area contributed by atoms with Crippen molar-refractivity contribution in [2.75, 3.05) is 0 Å². The normalized spacial score (nSPS) is 15.2. The number of para-hydroxylation sites is 1. The molecule has 0 spiro atoms. The first-order chi connectivity index (χ1) is 7.63. The highest BCUT2D eigenvalue weighted by Crippen LogP contribution is 2.31. The van der Waals surface area contributed by atoms with E-state index in [1.807, 2.05) is 24.3 Å². The van der Waals surface area contributed by atoms with E-state index >= 15 is 0 Å². The lowest BCUT2D eigenvalue weighted by molar-refractivity contribution is 0.388. The van der Waals surface area contributed by atoms with Crippen molar-refractivity contribution in [2.24, 2.45) is 11.7 Å². The fourth-order valence-corrected chi connectivity index (χ4v) is 1.97. The predicted molar refractivity (Wildman–Crippen MR) is 67.6 cm³/mol. The van der Waals surface area contributed by atoms with Gasteiger partial charge in [0.1, 0.15) is 5.76 Å². The van der Waals surface area contributed by atoms with E-state index in [0.29, 0.717) is 10.9 Å². The molecule has 0 radical (unpaired) electrons. The van der Waals surface area contributed by atoms with Crippen molar-refractivity contribution in [1.29, 1.82) is 0 Å². The van der Waals surface area contributed by atoms with Crippen LogP contribution in [0.3, 0.4) is 0 Å². The molecule has 1 aromatic carbocycles. The Hall–Kier alpha value is -0.990. The van der Waals surface area contributed by atoms with Gasteiger partial charge in [-0.15, -0.1) is 0 Å². The molecule has 3 heteroatoms. The molecular weight excluding hydrogens is 222 g/mol. The second kappa shape index (κ2) is 4.48. The molecule has 0 aliphatic heterocycles. The maximum Gasteiger partial charge on any atom is 0.152 e. The minimum atomic E-state index is -0.0616. The fourth-order valence-electron chi connectivity index (χ4n) is 1.75. The SMILES string of the molecule is CCC(C)[C@@H](N)c1cc2cccc(Cl)c2o1. The van der Waals surface area contributed by atoms with Gasteiger partial charge in [0, 0.05) is 5.39 Å². The van der Waals surface area contributed by atoms with Gasteiger partial charge in [-0.3, -0.25) is 0 Å². The summed E-state index contributed by atoms with van der Waals surface area (Å²) in [6.45, 7) is 4.25. The van der Waals surface area contributed by atoms with Gasteiger partial charge in [-0.25, -0.2) is 0 Å². The number of furan rings is 1. The Labute approximate surface area is 100 Å². The molecule has 0 fully saturated rings. The smallest absolute Gasteiger partial charge is 0.152 e. The molecule has 86 valence electrons. The topological polar surface area (TPSA) is 39.2 Å². The van der Waals surface area contributed by atoms with Crippen LogP contribution in [0.15, 0.2) is 28.7 Å². The third-order valence-electron chi connectivity index (χ3n) is 3.10. The van der Waals surface area contributed by atoms with Crippen molar-refractivity contribution >= 4 is 22.6 Å². The first-order valence-corrected chi connectivity index (χ1v) is 5.94. The molecule has 2 aromatic rings. The number of benzene rings is 1. The van der Waals surface area contributed by atoms with E-state index in [1.54, 1.807) is 0 Å². The number of nitrogens with two attached hydrogens (primary N) is 1. The number of hydrogen-bond donors (Lipinski definition) is 1. The summed E-state index contributed by atoms with van der Waals surface area (Å²) in [4.78, 5) is 0. The zero-order valence-electron chi connectivity index (χ0n) is 9.53. The molecule has 1 unspecified atom stereocenters. The lowest BCUT2D eigenvalue weighted by Crippen LogP contribution is -2.17. The Morgan fingerprint density at radius 3 is 2.81 bits per heavy atom. The summed E-state index contributed by atoms with van der Waals surface area (Å²) in [6, 6.07) is 7.65. The van der Waals surface area contributed by atoms with E-state index in [0.717, 1.165) is 23.2 Å². The van der Waals surface area contributed by atoms with Crippen LogP contribution >= 0.6 is 11.6 Å². The second-order valence-electron chi connectivity index (χ2n) is 4.22. The Balaban J connectivity index is 2.43. The number of halogens is 1. The van der Waals surface area contributed by atoms with Crippen molar-refractivity contribution < 1.29 is 4.42 Å². The van der Waals surface area contributed by atoms with Crippen LogP contribution in [-0.4, -0.2) is 0 Å². The van der Waals surface area contributed by atoms with E-state index < -0.39 is 0 Å². The minimum absolute atomic E-state index is 0.0616. The Morgan fingerprint density at radius 2 is 2.19 bits per heavy atom. The van der Waals surface area contributed by atoms with E-state index in [-0.39, 0.29) is 6.04 Å². The molecule has 2 rings (SSSR count).